The maximum Gasteiger partial charge on any atom is 0.223 e. The van der Waals surface area contributed by atoms with Gasteiger partial charge in [0.25, 0.3) is 0 Å². The Morgan fingerprint density at radius 1 is 1.24 bits per heavy atom. The Balaban J connectivity index is 1.56. The first-order chi connectivity index (χ1) is 12.1. The summed E-state index contributed by atoms with van der Waals surface area (Å²) in [5, 5.41) is 16.9. The van der Waals surface area contributed by atoms with E-state index in [9.17, 15) is 14.3 Å². The van der Waals surface area contributed by atoms with Crippen LogP contribution in [0.3, 0.4) is 0 Å². The van der Waals surface area contributed by atoms with Crippen LogP contribution in [0.15, 0.2) is 61.1 Å². The SMILES string of the molecule is O=C(CC(O)c1cccc(F)c1)NCc1ccnc(-n2cccn2)c1. The van der Waals surface area contributed by atoms with Crippen LogP contribution in [0, 0.1) is 5.82 Å². The van der Waals surface area contributed by atoms with Crippen LogP contribution in [0.4, 0.5) is 4.39 Å². The number of benzene rings is 1. The molecule has 3 rings (SSSR count). The van der Waals surface area contributed by atoms with Gasteiger partial charge in [-0.15, -0.1) is 0 Å². The number of amides is 1. The zero-order chi connectivity index (χ0) is 17.6. The van der Waals surface area contributed by atoms with Crippen molar-refractivity contribution >= 4 is 5.91 Å². The van der Waals surface area contributed by atoms with Crippen LogP contribution in [0.2, 0.25) is 0 Å². The van der Waals surface area contributed by atoms with E-state index in [0.717, 1.165) is 5.56 Å². The summed E-state index contributed by atoms with van der Waals surface area (Å²) < 4.78 is 14.8. The fourth-order valence-corrected chi connectivity index (χ4v) is 2.38. The molecular formula is C18H17FN4O2. The highest BCUT2D eigenvalue weighted by Gasteiger charge is 2.13. The van der Waals surface area contributed by atoms with Crippen molar-refractivity contribution in [3.05, 3.63) is 78.0 Å². The molecule has 1 aromatic carbocycles. The highest BCUT2D eigenvalue weighted by molar-refractivity contribution is 5.76. The molecule has 25 heavy (non-hydrogen) atoms. The van der Waals surface area contributed by atoms with Crippen LogP contribution >= 0.6 is 0 Å². The number of aromatic nitrogens is 3. The van der Waals surface area contributed by atoms with Crippen LogP contribution in [0.25, 0.3) is 5.82 Å². The number of carbonyl (C=O) groups excluding carboxylic acids is 1. The molecule has 0 radical (unpaired) electrons. The highest BCUT2D eigenvalue weighted by atomic mass is 19.1. The summed E-state index contributed by atoms with van der Waals surface area (Å²) >= 11 is 0. The van der Waals surface area contributed by atoms with E-state index in [0.29, 0.717) is 17.9 Å². The number of rotatable bonds is 6. The van der Waals surface area contributed by atoms with Gasteiger partial charge in [-0.3, -0.25) is 4.79 Å². The molecule has 1 amide bonds. The number of aliphatic hydroxyl groups is 1. The van der Waals surface area contributed by atoms with E-state index in [1.54, 1.807) is 41.5 Å². The summed E-state index contributed by atoms with van der Waals surface area (Å²) in [7, 11) is 0. The lowest BCUT2D eigenvalue weighted by molar-refractivity contribution is -0.123. The van der Waals surface area contributed by atoms with E-state index in [1.807, 2.05) is 6.07 Å². The smallest absolute Gasteiger partial charge is 0.223 e. The van der Waals surface area contributed by atoms with E-state index in [4.69, 9.17) is 0 Å². The van der Waals surface area contributed by atoms with Crippen LogP contribution < -0.4 is 5.32 Å². The van der Waals surface area contributed by atoms with E-state index < -0.39 is 11.9 Å². The van der Waals surface area contributed by atoms with Gasteiger partial charge in [0.05, 0.1) is 12.5 Å². The minimum absolute atomic E-state index is 0.138. The third-order valence-corrected chi connectivity index (χ3v) is 3.65. The normalized spacial score (nSPS) is 11.9. The molecule has 0 aliphatic rings. The number of carbonyl (C=O) groups is 1. The predicted molar refractivity (Wildman–Crippen MR) is 89.2 cm³/mol. The average Bonchev–Trinajstić information content (AvgIpc) is 3.15. The van der Waals surface area contributed by atoms with Crippen molar-refractivity contribution in [3.8, 4) is 5.82 Å². The fourth-order valence-electron chi connectivity index (χ4n) is 2.38. The Bertz CT molecular complexity index is 852. The molecule has 2 N–H and O–H groups in total. The van der Waals surface area contributed by atoms with Crippen molar-refractivity contribution < 1.29 is 14.3 Å². The largest absolute Gasteiger partial charge is 0.388 e. The predicted octanol–water partition coefficient (Wildman–Crippen LogP) is 2.15. The number of halogens is 1. The van der Waals surface area contributed by atoms with E-state index >= 15 is 0 Å². The van der Waals surface area contributed by atoms with Gasteiger partial charge < -0.3 is 10.4 Å². The molecule has 1 atom stereocenters. The van der Waals surface area contributed by atoms with Crippen molar-refractivity contribution in [2.45, 2.75) is 19.1 Å². The maximum atomic E-state index is 13.2. The molecule has 0 saturated heterocycles. The number of nitrogens with one attached hydrogen (secondary N) is 1. The molecule has 128 valence electrons. The number of pyridine rings is 1. The molecule has 0 aliphatic heterocycles. The molecule has 2 heterocycles. The van der Waals surface area contributed by atoms with Crippen LogP contribution in [-0.4, -0.2) is 25.8 Å². The number of hydrogen-bond acceptors (Lipinski definition) is 4. The van der Waals surface area contributed by atoms with E-state index in [-0.39, 0.29) is 12.3 Å². The molecule has 6 nitrogen and oxygen atoms in total. The lowest BCUT2D eigenvalue weighted by Gasteiger charge is -2.12. The van der Waals surface area contributed by atoms with Crippen molar-refractivity contribution in [2.24, 2.45) is 0 Å². The lowest BCUT2D eigenvalue weighted by Crippen LogP contribution is -2.24. The van der Waals surface area contributed by atoms with Gasteiger partial charge >= 0.3 is 0 Å². The van der Waals surface area contributed by atoms with Crippen molar-refractivity contribution in [1.29, 1.82) is 0 Å². The summed E-state index contributed by atoms with van der Waals surface area (Å²) in [6.45, 7) is 0.297. The molecule has 0 saturated carbocycles. The summed E-state index contributed by atoms with van der Waals surface area (Å²) in [5.74, 6) is -0.120. The molecule has 0 fully saturated rings. The Morgan fingerprint density at radius 2 is 2.12 bits per heavy atom. The molecule has 3 aromatic rings. The third-order valence-electron chi connectivity index (χ3n) is 3.65. The van der Waals surface area contributed by atoms with Gasteiger partial charge in [0, 0.05) is 25.1 Å². The van der Waals surface area contributed by atoms with Gasteiger partial charge in [-0.25, -0.2) is 14.1 Å². The zero-order valence-corrected chi connectivity index (χ0v) is 13.3. The van der Waals surface area contributed by atoms with Crippen LogP contribution in [0.5, 0.6) is 0 Å². The van der Waals surface area contributed by atoms with Gasteiger partial charge in [-0.2, -0.15) is 5.10 Å². The van der Waals surface area contributed by atoms with Crippen molar-refractivity contribution in [1.82, 2.24) is 20.1 Å². The molecule has 0 bridgehead atoms. The van der Waals surface area contributed by atoms with Gasteiger partial charge in [0.15, 0.2) is 5.82 Å². The zero-order valence-electron chi connectivity index (χ0n) is 13.3. The summed E-state index contributed by atoms with van der Waals surface area (Å²) in [5.41, 5.74) is 1.23. The average molecular weight is 340 g/mol. The topological polar surface area (TPSA) is 80.0 Å². The number of aliphatic hydroxyl groups excluding tert-OH is 1. The molecule has 2 aromatic heterocycles. The Hall–Kier alpha value is -3.06. The lowest BCUT2D eigenvalue weighted by atomic mass is 10.1. The third kappa shape index (κ3) is 4.48. The molecule has 0 aliphatic carbocycles. The monoisotopic (exact) mass is 340 g/mol. The van der Waals surface area contributed by atoms with Gasteiger partial charge in [0.1, 0.15) is 5.82 Å². The standard InChI is InChI=1S/C18H17FN4O2/c19-15-4-1-3-14(10-15)16(24)11-18(25)21-12-13-5-7-20-17(9-13)23-8-2-6-22-23/h1-10,16,24H,11-12H2,(H,21,25). The second kappa shape index (κ2) is 7.67. The fraction of sp³-hybridized carbons (Fsp3) is 0.167. The number of hydrogen-bond donors (Lipinski definition) is 2. The Morgan fingerprint density at radius 3 is 2.88 bits per heavy atom. The minimum atomic E-state index is -1.05. The summed E-state index contributed by atoms with van der Waals surface area (Å²) in [4.78, 5) is 16.2. The van der Waals surface area contributed by atoms with E-state index in [2.05, 4.69) is 15.4 Å². The first kappa shape index (κ1) is 16.8. The molecule has 0 spiro atoms. The first-order valence-electron chi connectivity index (χ1n) is 7.77. The second-order valence-electron chi connectivity index (χ2n) is 5.52. The minimum Gasteiger partial charge on any atom is -0.388 e. The molecule has 1 unspecified atom stereocenters. The quantitative estimate of drug-likeness (QED) is 0.720. The van der Waals surface area contributed by atoms with Gasteiger partial charge in [-0.1, -0.05) is 12.1 Å². The van der Waals surface area contributed by atoms with Gasteiger partial charge in [0.2, 0.25) is 5.91 Å². The Kier molecular flexibility index (Phi) is 5.15. The number of nitrogens with zero attached hydrogens (tertiary/aromatic N) is 3. The first-order valence-corrected chi connectivity index (χ1v) is 7.77. The maximum absolute atomic E-state index is 13.2. The second-order valence-corrected chi connectivity index (χ2v) is 5.52. The van der Waals surface area contributed by atoms with Crippen LogP contribution in [-0.2, 0) is 11.3 Å². The van der Waals surface area contributed by atoms with Crippen molar-refractivity contribution in [2.75, 3.05) is 0 Å². The summed E-state index contributed by atoms with van der Waals surface area (Å²) in [6.07, 6.45) is 3.89. The van der Waals surface area contributed by atoms with Crippen LogP contribution in [0.1, 0.15) is 23.7 Å². The van der Waals surface area contributed by atoms with Gasteiger partial charge in [-0.05, 0) is 41.5 Å². The molecular weight excluding hydrogens is 323 g/mol. The summed E-state index contributed by atoms with van der Waals surface area (Å²) in [6, 6.07) is 11.0. The Labute approximate surface area is 144 Å². The van der Waals surface area contributed by atoms with Crippen molar-refractivity contribution in [3.63, 3.8) is 0 Å². The van der Waals surface area contributed by atoms with E-state index in [1.165, 1.54) is 18.2 Å². The highest BCUT2D eigenvalue weighted by Crippen LogP contribution is 2.17. The molecule has 7 heteroatoms.